The van der Waals surface area contributed by atoms with E-state index < -0.39 is 0 Å². The average Bonchev–Trinajstić information content (AvgIpc) is 3.41. The Kier molecular flexibility index (Phi) is 4.84. The molecule has 0 heteroatoms. The second-order valence-electron chi connectivity index (χ2n) is 9.56. The number of hydrogen-bond acceptors (Lipinski definition) is 0. The topological polar surface area (TPSA) is 0 Å². The van der Waals surface area contributed by atoms with E-state index in [4.69, 9.17) is 0 Å². The van der Waals surface area contributed by atoms with Crippen LogP contribution in [-0.4, -0.2) is 0 Å². The van der Waals surface area contributed by atoms with Crippen molar-refractivity contribution in [1.29, 1.82) is 0 Å². The molecule has 142 valence electrons. The molecule has 2 atom stereocenters. The molecule has 2 unspecified atom stereocenters. The molecule has 0 nitrogen and oxygen atoms in total. The molecule has 0 bridgehead atoms. The van der Waals surface area contributed by atoms with Crippen molar-refractivity contribution in [3.63, 3.8) is 0 Å². The minimum absolute atomic E-state index is 0.232. The first kappa shape index (κ1) is 17.5. The van der Waals surface area contributed by atoms with Crippen molar-refractivity contribution >= 4 is 0 Å². The summed E-state index contributed by atoms with van der Waals surface area (Å²) in [5.74, 6) is 3.62. The lowest BCUT2D eigenvalue weighted by atomic mass is 9.57. The molecule has 3 fully saturated rings. The third-order valence-corrected chi connectivity index (χ3v) is 8.39. The highest BCUT2D eigenvalue weighted by atomic mass is 14.6. The summed E-state index contributed by atoms with van der Waals surface area (Å²) in [4.78, 5) is 0. The number of fused-ring (bicyclic) bond motifs is 1. The Morgan fingerprint density at radius 1 is 0.519 bits per heavy atom. The first-order chi connectivity index (χ1) is 13.4. The van der Waals surface area contributed by atoms with Crippen LogP contribution >= 0.6 is 0 Å². The SMILES string of the molecule is c1ccc(C(c2ccccc2)(C2CCCC2)C2CC3CCCCC3C2)cc1. The van der Waals surface area contributed by atoms with Crippen LogP contribution in [-0.2, 0) is 5.41 Å². The van der Waals surface area contributed by atoms with E-state index in [0.717, 1.165) is 23.7 Å². The van der Waals surface area contributed by atoms with Crippen molar-refractivity contribution in [2.24, 2.45) is 23.7 Å². The van der Waals surface area contributed by atoms with Gasteiger partial charge in [-0.15, -0.1) is 0 Å². The average molecular weight is 359 g/mol. The summed E-state index contributed by atoms with van der Waals surface area (Å²) in [5.41, 5.74) is 3.44. The van der Waals surface area contributed by atoms with Gasteiger partial charge < -0.3 is 0 Å². The van der Waals surface area contributed by atoms with E-state index in [1.807, 2.05) is 0 Å². The fraction of sp³-hybridized carbons (Fsp3) is 0.556. The maximum Gasteiger partial charge on any atom is 0.0259 e. The Bertz CT molecular complexity index is 672. The first-order valence-electron chi connectivity index (χ1n) is 11.5. The van der Waals surface area contributed by atoms with Crippen molar-refractivity contribution in [2.75, 3.05) is 0 Å². The Balaban J connectivity index is 1.66. The summed E-state index contributed by atoms with van der Waals surface area (Å²) >= 11 is 0. The molecule has 0 saturated heterocycles. The molecular weight excluding hydrogens is 324 g/mol. The highest BCUT2D eigenvalue weighted by Crippen LogP contribution is 2.59. The quantitative estimate of drug-likeness (QED) is 0.535. The van der Waals surface area contributed by atoms with E-state index in [1.165, 1.54) is 64.2 Å². The van der Waals surface area contributed by atoms with Crippen molar-refractivity contribution in [1.82, 2.24) is 0 Å². The van der Waals surface area contributed by atoms with Crippen LogP contribution in [0, 0.1) is 23.7 Å². The van der Waals surface area contributed by atoms with Crippen molar-refractivity contribution in [3.8, 4) is 0 Å². The first-order valence-corrected chi connectivity index (χ1v) is 11.5. The molecule has 2 aromatic carbocycles. The van der Waals surface area contributed by atoms with Gasteiger partial charge in [-0.05, 0) is 60.5 Å². The van der Waals surface area contributed by atoms with Crippen LogP contribution in [0.15, 0.2) is 60.7 Å². The van der Waals surface area contributed by atoms with Crippen LogP contribution in [0.5, 0.6) is 0 Å². The predicted octanol–water partition coefficient (Wildman–Crippen LogP) is 7.38. The molecule has 0 radical (unpaired) electrons. The van der Waals surface area contributed by atoms with Gasteiger partial charge in [-0.1, -0.05) is 99.2 Å². The summed E-state index contributed by atoms with van der Waals surface area (Å²) in [6.07, 6.45) is 14.5. The van der Waals surface area contributed by atoms with Crippen LogP contribution in [0.4, 0.5) is 0 Å². The third-order valence-electron chi connectivity index (χ3n) is 8.39. The zero-order valence-corrected chi connectivity index (χ0v) is 16.7. The zero-order chi connectivity index (χ0) is 18.1. The van der Waals surface area contributed by atoms with Gasteiger partial charge >= 0.3 is 0 Å². The fourth-order valence-electron chi connectivity index (χ4n) is 7.36. The van der Waals surface area contributed by atoms with Crippen LogP contribution in [0.25, 0.3) is 0 Å². The Morgan fingerprint density at radius 3 is 1.44 bits per heavy atom. The molecule has 0 amide bonds. The molecular formula is C27H34. The number of rotatable bonds is 4. The Hall–Kier alpha value is -1.56. The van der Waals surface area contributed by atoms with Crippen molar-refractivity contribution < 1.29 is 0 Å². The molecule has 0 heterocycles. The minimum atomic E-state index is 0.232. The van der Waals surface area contributed by atoms with Crippen molar-refractivity contribution in [2.45, 2.75) is 69.6 Å². The third kappa shape index (κ3) is 2.96. The minimum Gasteiger partial charge on any atom is -0.0622 e. The van der Waals surface area contributed by atoms with Gasteiger partial charge in [0, 0.05) is 5.41 Å². The molecule has 27 heavy (non-hydrogen) atoms. The molecule has 0 aromatic heterocycles. The molecule has 2 aromatic rings. The number of benzene rings is 2. The largest absolute Gasteiger partial charge is 0.0622 e. The van der Waals surface area contributed by atoms with Crippen LogP contribution in [0.3, 0.4) is 0 Å². The van der Waals surface area contributed by atoms with Gasteiger partial charge in [-0.2, -0.15) is 0 Å². The lowest BCUT2D eigenvalue weighted by Crippen LogP contribution is -2.42. The fourth-order valence-corrected chi connectivity index (χ4v) is 7.36. The maximum atomic E-state index is 2.45. The lowest BCUT2D eigenvalue weighted by Gasteiger charge is -2.46. The van der Waals surface area contributed by atoms with Crippen LogP contribution < -0.4 is 0 Å². The van der Waals surface area contributed by atoms with Crippen LogP contribution in [0.2, 0.25) is 0 Å². The molecule has 0 N–H and O–H groups in total. The molecule has 0 aliphatic heterocycles. The van der Waals surface area contributed by atoms with Gasteiger partial charge in [0.1, 0.15) is 0 Å². The van der Waals surface area contributed by atoms with E-state index in [0.29, 0.717) is 0 Å². The van der Waals surface area contributed by atoms with E-state index in [9.17, 15) is 0 Å². The van der Waals surface area contributed by atoms with Gasteiger partial charge in [-0.3, -0.25) is 0 Å². The highest BCUT2D eigenvalue weighted by Gasteiger charge is 2.52. The lowest BCUT2D eigenvalue weighted by molar-refractivity contribution is 0.210. The van der Waals surface area contributed by atoms with Gasteiger partial charge in [0.05, 0.1) is 0 Å². The maximum absolute atomic E-state index is 2.45. The summed E-state index contributed by atoms with van der Waals surface area (Å²) in [7, 11) is 0. The zero-order valence-electron chi connectivity index (χ0n) is 16.7. The van der Waals surface area contributed by atoms with Gasteiger partial charge in [-0.25, -0.2) is 0 Å². The number of hydrogen-bond donors (Lipinski definition) is 0. The van der Waals surface area contributed by atoms with E-state index in [-0.39, 0.29) is 5.41 Å². The molecule has 0 spiro atoms. The van der Waals surface area contributed by atoms with E-state index in [1.54, 1.807) is 11.1 Å². The summed E-state index contributed by atoms with van der Waals surface area (Å²) in [6, 6.07) is 23.3. The second kappa shape index (κ2) is 7.46. The molecule has 3 saturated carbocycles. The molecule has 3 aliphatic carbocycles. The summed E-state index contributed by atoms with van der Waals surface area (Å²) < 4.78 is 0. The molecule has 3 aliphatic rings. The summed E-state index contributed by atoms with van der Waals surface area (Å²) in [5, 5.41) is 0. The summed E-state index contributed by atoms with van der Waals surface area (Å²) in [6.45, 7) is 0. The predicted molar refractivity (Wildman–Crippen MR) is 114 cm³/mol. The smallest absolute Gasteiger partial charge is 0.0259 e. The van der Waals surface area contributed by atoms with Gasteiger partial charge in [0.25, 0.3) is 0 Å². The van der Waals surface area contributed by atoms with Gasteiger partial charge in [0.2, 0.25) is 0 Å². The standard InChI is InChI=1S/C27H34/c1-3-13-23(14-4-1)27(25-17-9-10-18-25,24-15-5-2-6-16-24)26-19-21-11-7-8-12-22(21)20-26/h1-6,13-16,21-22,25-26H,7-12,17-20H2. The highest BCUT2D eigenvalue weighted by molar-refractivity contribution is 5.42. The van der Waals surface area contributed by atoms with Crippen molar-refractivity contribution in [3.05, 3.63) is 71.8 Å². The van der Waals surface area contributed by atoms with E-state index in [2.05, 4.69) is 60.7 Å². The monoisotopic (exact) mass is 358 g/mol. The molecule has 5 rings (SSSR count). The Labute approximate surface area is 165 Å². The van der Waals surface area contributed by atoms with E-state index >= 15 is 0 Å². The normalized spacial score (nSPS) is 29.0. The Morgan fingerprint density at radius 2 is 0.963 bits per heavy atom. The van der Waals surface area contributed by atoms with Gasteiger partial charge in [0.15, 0.2) is 0 Å². The second-order valence-corrected chi connectivity index (χ2v) is 9.56. The van der Waals surface area contributed by atoms with Crippen LogP contribution in [0.1, 0.15) is 75.3 Å².